The van der Waals surface area contributed by atoms with Crippen molar-refractivity contribution in [2.75, 3.05) is 18.4 Å². The van der Waals surface area contributed by atoms with Gasteiger partial charge in [-0.05, 0) is 44.4 Å². The summed E-state index contributed by atoms with van der Waals surface area (Å²) in [6.07, 6.45) is 3.34. The Hall–Kier alpha value is -2.08. The van der Waals surface area contributed by atoms with E-state index in [1.54, 1.807) is 25.1 Å². The molecule has 1 saturated heterocycles. The lowest BCUT2D eigenvalue weighted by molar-refractivity contribution is 0.0724. The van der Waals surface area contributed by atoms with Crippen LogP contribution in [0.15, 0.2) is 22.7 Å². The molecule has 0 unspecified atom stereocenters. The number of benzene rings is 1. The number of nitrogens with one attached hydrogen (secondary N) is 1. The van der Waals surface area contributed by atoms with Crippen molar-refractivity contribution in [2.24, 2.45) is 0 Å². The van der Waals surface area contributed by atoms with Crippen LogP contribution in [0.4, 0.5) is 5.69 Å². The number of rotatable bonds is 4. The van der Waals surface area contributed by atoms with Crippen LogP contribution in [0.2, 0.25) is 5.02 Å². The van der Waals surface area contributed by atoms with Gasteiger partial charge in [-0.15, -0.1) is 0 Å². The topological polar surface area (TPSA) is 71.3 Å². The van der Waals surface area contributed by atoms with Gasteiger partial charge >= 0.3 is 0 Å². The lowest BCUT2D eigenvalue weighted by Crippen LogP contribution is -2.35. The molecule has 0 saturated carbocycles. The van der Waals surface area contributed by atoms with E-state index in [9.17, 15) is 4.79 Å². The molecular weight excluding hydrogens is 316 g/mol. The standard InChI is InChI=1S/C16H19ClN4O2/c1-11-19-15(23-20-11)10-18-14-9-12(5-6-13(14)17)16(22)21-7-3-2-4-8-21/h5-6,9,18H,2-4,7-8,10H2,1H3. The van der Waals surface area contributed by atoms with E-state index >= 15 is 0 Å². The van der Waals surface area contributed by atoms with Gasteiger partial charge in [0.2, 0.25) is 5.89 Å². The number of anilines is 1. The number of carbonyl (C=O) groups excluding carboxylic acids is 1. The molecule has 0 bridgehead atoms. The minimum Gasteiger partial charge on any atom is -0.375 e. The molecule has 1 aliphatic heterocycles. The number of halogens is 1. The molecule has 0 radical (unpaired) electrons. The molecule has 1 aromatic heterocycles. The highest BCUT2D eigenvalue weighted by Gasteiger charge is 2.19. The first-order valence-electron chi connectivity index (χ1n) is 7.75. The molecule has 7 heteroatoms. The first-order valence-corrected chi connectivity index (χ1v) is 8.13. The Morgan fingerprint density at radius 1 is 1.35 bits per heavy atom. The average molecular weight is 335 g/mol. The van der Waals surface area contributed by atoms with Crippen molar-refractivity contribution in [1.82, 2.24) is 15.0 Å². The molecule has 1 amide bonds. The Kier molecular flexibility index (Phi) is 4.81. The number of aromatic nitrogens is 2. The van der Waals surface area contributed by atoms with Crippen LogP contribution >= 0.6 is 11.6 Å². The molecule has 1 N–H and O–H groups in total. The molecule has 122 valence electrons. The molecule has 2 heterocycles. The first kappa shape index (κ1) is 15.8. The molecule has 0 aliphatic carbocycles. The molecule has 23 heavy (non-hydrogen) atoms. The van der Waals surface area contributed by atoms with Crippen molar-refractivity contribution in [2.45, 2.75) is 32.7 Å². The molecule has 1 fully saturated rings. The highest BCUT2D eigenvalue weighted by molar-refractivity contribution is 6.33. The van der Waals surface area contributed by atoms with Crippen LogP contribution in [0.25, 0.3) is 0 Å². The van der Waals surface area contributed by atoms with Crippen LogP contribution in [0.3, 0.4) is 0 Å². The molecule has 3 rings (SSSR count). The van der Waals surface area contributed by atoms with E-state index in [0.717, 1.165) is 25.9 Å². The fourth-order valence-electron chi connectivity index (χ4n) is 2.66. The molecule has 0 spiro atoms. The lowest BCUT2D eigenvalue weighted by Gasteiger charge is -2.27. The van der Waals surface area contributed by atoms with Gasteiger partial charge in [0.15, 0.2) is 5.82 Å². The fraction of sp³-hybridized carbons (Fsp3) is 0.438. The van der Waals surface area contributed by atoms with Gasteiger partial charge in [-0.25, -0.2) is 0 Å². The number of hydrogen-bond acceptors (Lipinski definition) is 5. The summed E-state index contributed by atoms with van der Waals surface area (Å²) >= 11 is 6.20. The molecule has 6 nitrogen and oxygen atoms in total. The summed E-state index contributed by atoms with van der Waals surface area (Å²) < 4.78 is 5.06. The molecule has 1 aromatic carbocycles. The molecule has 2 aromatic rings. The predicted octanol–water partition coefficient (Wildman–Crippen LogP) is 3.27. The van der Waals surface area contributed by atoms with E-state index < -0.39 is 0 Å². The SMILES string of the molecule is Cc1noc(CNc2cc(C(=O)N3CCCCC3)ccc2Cl)n1. The maximum absolute atomic E-state index is 12.6. The highest BCUT2D eigenvalue weighted by Crippen LogP contribution is 2.25. The normalized spacial score (nSPS) is 14.8. The number of carbonyl (C=O) groups is 1. The third-order valence-corrected chi connectivity index (χ3v) is 4.19. The van der Waals surface area contributed by atoms with Crippen LogP contribution in [0.1, 0.15) is 41.3 Å². The summed E-state index contributed by atoms with van der Waals surface area (Å²) in [6.45, 7) is 3.77. The second-order valence-corrected chi connectivity index (χ2v) is 6.04. The van der Waals surface area contributed by atoms with E-state index in [0.29, 0.717) is 34.5 Å². The van der Waals surface area contributed by atoms with Gasteiger partial charge in [-0.1, -0.05) is 16.8 Å². The number of likely N-dealkylation sites (tertiary alicyclic amines) is 1. The second kappa shape index (κ2) is 7.00. The van der Waals surface area contributed by atoms with Crippen molar-refractivity contribution in [3.05, 3.63) is 40.5 Å². The zero-order valence-corrected chi connectivity index (χ0v) is 13.8. The highest BCUT2D eigenvalue weighted by atomic mass is 35.5. The largest absolute Gasteiger partial charge is 0.375 e. The Morgan fingerprint density at radius 3 is 2.83 bits per heavy atom. The first-order chi connectivity index (χ1) is 11.1. The average Bonchev–Trinajstić information content (AvgIpc) is 3.00. The van der Waals surface area contributed by atoms with E-state index in [1.807, 2.05) is 4.90 Å². The van der Waals surface area contributed by atoms with Crippen molar-refractivity contribution in [3.63, 3.8) is 0 Å². The minimum atomic E-state index is 0.0538. The second-order valence-electron chi connectivity index (χ2n) is 5.64. The van der Waals surface area contributed by atoms with Gasteiger partial charge in [-0.3, -0.25) is 4.79 Å². The van der Waals surface area contributed by atoms with Crippen molar-refractivity contribution >= 4 is 23.2 Å². The summed E-state index contributed by atoms with van der Waals surface area (Å²) in [5.41, 5.74) is 1.32. The van der Waals surface area contributed by atoms with Crippen molar-refractivity contribution in [3.8, 4) is 0 Å². The minimum absolute atomic E-state index is 0.0538. The van der Waals surface area contributed by atoms with Crippen LogP contribution in [0, 0.1) is 6.92 Å². The number of piperidine rings is 1. The van der Waals surface area contributed by atoms with Crippen molar-refractivity contribution < 1.29 is 9.32 Å². The summed E-state index contributed by atoms with van der Waals surface area (Å²) in [5, 5.41) is 7.43. The summed E-state index contributed by atoms with van der Waals surface area (Å²) in [4.78, 5) is 18.6. The third kappa shape index (κ3) is 3.82. The number of nitrogens with zero attached hydrogens (tertiary/aromatic N) is 3. The van der Waals surface area contributed by atoms with Gasteiger partial charge in [0.1, 0.15) is 0 Å². The molecule has 0 atom stereocenters. The summed E-state index contributed by atoms with van der Waals surface area (Å²) in [5.74, 6) is 1.12. The third-order valence-electron chi connectivity index (χ3n) is 3.86. The van der Waals surface area contributed by atoms with Crippen LogP contribution in [-0.2, 0) is 6.54 Å². The quantitative estimate of drug-likeness (QED) is 0.929. The summed E-state index contributed by atoms with van der Waals surface area (Å²) in [6, 6.07) is 5.28. The maximum Gasteiger partial charge on any atom is 0.253 e. The lowest BCUT2D eigenvalue weighted by atomic mass is 10.1. The predicted molar refractivity (Wildman–Crippen MR) is 87.6 cm³/mol. The van der Waals surface area contributed by atoms with Gasteiger partial charge < -0.3 is 14.7 Å². The maximum atomic E-state index is 12.6. The molecule has 1 aliphatic rings. The van der Waals surface area contributed by atoms with Crippen LogP contribution < -0.4 is 5.32 Å². The Bertz CT molecular complexity index is 695. The Labute approximate surface area is 139 Å². The van der Waals surface area contributed by atoms with E-state index in [4.69, 9.17) is 16.1 Å². The number of hydrogen-bond donors (Lipinski definition) is 1. The smallest absolute Gasteiger partial charge is 0.253 e. The van der Waals surface area contributed by atoms with Gasteiger partial charge in [0.25, 0.3) is 5.91 Å². The zero-order valence-electron chi connectivity index (χ0n) is 13.0. The Balaban J connectivity index is 1.71. The van der Waals surface area contributed by atoms with Crippen LogP contribution in [-0.4, -0.2) is 34.0 Å². The van der Waals surface area contributed by atoms with Gasteiger partial charge in [-0.2, -0.15) is 4.98 Å². The number of amides is 1. The van der Waals surface area contributed by atoms with E-state index in [-0.39, 0.29) is 5.91 Å². The Morgan fingerprint density at radius 2 is 2.13 bits per heavy atom. The van der Waals surface area contributed by atoms with E-state index in [1.165, 1.54) is 6.42 Å². The van der Waals surface area contributed by atoms with Crippen LogP contribution in [0.5, 0.6) is 0 Å². The fourth-order valence-corrected chi connectivity index (χ4v) is 2.84. The zero-order chi connectivity index (χ0) is 16.2. The van der Waals surface area contributed by atoms with Gasteiger partial charge in [0, 0.05) is 18.7 Å². The van der Waals surface area contributed by atoms with Gasteiger partial charge in [0.05, 0.1) is 17.3 Å². The monoisotopic (exact) mass is 334 g/mol. The van der Waals surface area contributed by atoms with Crippen molar-refractivity contribution in [1.29, 1.82) is 0 Å². The number of aryl methyl sites for hydroxylation is 1. The molecular formula is C16H19ClN4O2. The summed E-state index contributed by atoms with van der Waals surface area (Å²) in [7, 11) is 0. The van der Waals surface area contributed by atoms with E-state index in [2.05, 4.69) is 15.5 Å².